The maximum atomic E-state index is 12.9. The first-order valence-corrected chi connectivity index (χ1v) is 8.90. The van der Waals surface area contributed by atoms with Gasteiger partial charge in [0, 0.05) is 6.08 Å². The van der Waals surface area contributed by atoms with Crippen LogP contribution in [0.5, 0.6) is 5.75 Å². The highest BCUT2D eigenvalue weighted by Gasteiger charge is 2.13. The van der Waals surface area contributed by atoms with Gasteiger partial charge in [0.2, 0.25) is 5.91 Å². The summed E-state index contributed by atoms with van der Waals surface area (Å²) >= 11 is 4.95. The van der Waals surface area contributed by atoms with Crippen LogP contribution in [0.2, 0.25) is 0 Å². The summed E-state index contributed by atoms with van der Waals surface area (Å²) in [6, 6.07) is 15.9. The first-order chi connectivity index (χ1) is 13.9. The van der Waals surface area contributed by atoms with E-state index in [4.69, 9.17) is 12.2 Å². The molecule has 0 saturated heterocycles. The molecule has 3 aromatic rings. The average molecular weight is 409 g/mol. The molecule has 3 aromatic carbocycles. The van der Waals surface area contributed by atoms with Crippen molar-refractivity contribution < 1.29 is 19.1 Å². The Labute approximate surface area is 171 Å². The number of nitrogens with one attached hydrogen (secondary N) is 3. The fraction of sp³-hybridized carbons (Fsp3) is 0. The van der Waals surface area contributed by atoms with Crippen LogP contribution in [0.4, 0.5) is 4.39 Å². The van der Waals surface area contributed by atoms with E-state index in [1.807, 2.05) is 24.3 Å². The molecule has 0 aromatic heterocycles. The molecule has 4 N–H and O–H groups in total. The number of halogens is 1. The second kappa shape index (κ2) is 8.94. The van der Waals surface area contributed by atoms with Crippen molar-refractivity contribution in [3.8, 4) is 5.75 Å². The number of phenolic OH excluding ortho intramolecular Hbond substituents is 1. The third kappa shape index (κ3) is 5.36. The fourth-order valence-electron chi connectivity index (χ4n) is 2.52. The summed E-state index contributed by atoms with van der Waals surface area (Å²) in [7, 11) is 0. The van der Waals surface area contributed by atoms with Crippen molar-refractivity contribution in [1.29, 1.82) is 0 Å². The van der Waals surface area contributed by atoms with Crippen molar-refractivity contribution in [3.63, 3.8) is 0 Å². The van der Waals surface area contributed by atoms with E-state index in [-0.39, 0.29) is 22.2 Å². The van der Waals surface area contributed by atoms with Gasteiger partial charge < -0.3 is 5.11 Å². The summed E-state index contributed by atoms with van der Waals surface area (Å²) in [4.78, 5) is 24.1. The van der Waals surface area contributed by atoms with E-state index >= 15 is 0 Å². The number of rotatable bonds is 3. The maximum Gasteiger partial charge on any atom is 0.273 e. The molecule has 0 fully saturated rings. The minimum atomic E-state index is -0.619. The Morgan fingerprint density at radius 3 is 2.31 bits per heavy atom. The van der Waals surface area contributed by atoms with Crippen molar-refractivity contribution in [2.24, 2.45) is 0 Å². The molecule has 0 radical (unpaired) electrons. The molecule has 29 heavy (non-hydrogen) atoms. The summed E-state index contributed by atoms with van der Waals surface area (Å²) in [6.07, 6.45) is 2.71. The lowest BCUT2D eigenvalue weighted by Crippen LogP contribution is -2.48. The normalized spacial score (nSPS) is 10.7. The lowest BCUT2D eigenvalue weighted by Gasteiger charge is -2.11. The lowest BCUT2D eigenvalue weighted by molar-refractivity contribution is -0.115. The first-order valence-electron chi connectivity index (χ1n) is 8.49. The number of thiocarbonyl (C=S) groups is 1. The van der Waals surface area contributed by atoms with E-state index in [9.17, 15) is 19.1 Å². The van der Waals surface area contributed by atoms with Crippen LogP contribution in [0.25, 0.3) is 16.8 Å². The largest absolute Gasteiger partial charge is 0.507 e. The Bertz CT molecular complexity index is 1110. The van der Waals surface area contributed by atoms with E-state index in [2.05, 4.69) is 16.2 Å². The third-order valence-corrected chi connectivity index (χ3v) is 4.14. The van der Waals surface area contributed by atoms with Crippen molar-refractivity contribution in [3.05, 3.63) is 83.7 Å². The number of hydrogen-bond donors (Lipinski definition) is 4. The van der Waals surface area contributed by atoms with Gasteiger partial charge in [-0.3, -0.25) is 25.8 Å². The molecule has 0 unspecified atom stereocenters. The van der Waals surface area contributed by atoms with Crippen molar-refractivity contribution in [2.75, 3.05) is 0 Å². The Morgan fingerprint density at radius 1 is 0.966 bits per heavy atom. The molecule has 8 heteroatoms. The standard InChI is InChI=1S/C21H16FN3O3S/c22-16-8-5-13(6-9-16)7-10-19(27)23-21(29)25-24-20(28)17-11-14-3-1-2-4-15(14)12-18(17)26/h1-12,26H,(H,24,28)(H2,23,25,27,29). The number of aromatic hydroxyl groups is 1. The van der Waals surface area contributed by atoms with Crippen LogP contribution < -0.4 is 16.2 Å². The number of benzene rings is 3. The number of hydrogen-bond acceptors (Lipinski definition) is 4. The Morgan fingerprint density at radius 2 is 1.62 bits per heavy atom. The highest BCUT2D eigenvalue weighted by atomic mass is 32.1. The minimum absolute atomic E-state index is 0.0570. The molecule has 0 bridgehead atoms. The molecule has 0 aliphatic carbocycles. The van der Waals surface area contributed by atoms with Crippen LogP contribution in [0, 0.1) is 5.82 Å². The van der Waals surface area contributed by atoms with Crippen LogP contribution >= 0.6 is 12.2 Å². The summed E-state index contributed by atoms with van der Waals surface area (Å²) in [5.41, 5.74) is 5.41. The van der Waals surface area contributed by atoms with Gasteiger partial charge in [-0.05, 0) is 58.9 Å². The number of phenols is 1. The van der Waals surface area contributed by atoms with Crippen LogP contribution in [0.15, 0.2) is 66.7 Å². The lowest BCUT2D eigenvalue weighted by atomic mass is 10.1. The quantitative estimate of drug-likeness (QED) is 0.303. The Balaban J connectivity index is 1.54. The predicted octanol–water partition coefficient (Wildman–Crippen LogP) is 3.03. The van der Waals surface area contributed by atoms with Gasteiger partial charge in [-0.1, -0.05) is 36.4 Å². The molecular formula is C21H16FN3O3S. The van der Waals surface area contributed by atoms with Gasteiger partial charge in [0.25, 0.3) is 5.91 Å². The van der Waals surface area contributed by atoms with Gasteiger partial charge in [-0.25, -0.2) is 4.39 Å². The molecule has 0 saturated carbocycles. The summed E-state index contributed by atoms with van der Waals surface area (Å²) in [5, 5.41) is 13.9. The predicted molar refractivity (Wildman–Crippen MR) is 112 cm³/mol. The molecule has 0 spiro atoms. The molecule has 0 heterocycles. The van der Waals surface area contributed by atoms with Gasteiger partial charge in [0.1, 0.15) is 11.6 Å². The van der Waals surface area contributed by atoms with Gasteiger partial charge in [-0.2, -0.15) is 0 Å². The number of carbonyl (C=O) groups excluding carboxylic acids is 2. The molecule has 3 rings (SSSR count). The number of amides is 2. The summed E-state index contributed by atoms with van der Waals surface area (Å²) < 4.78 is 12.9. The monoisotopic (exact) mass is 409 g/mol. The number of carbonyl (C=O) groups is 2. The molecule has 0 atom stereocenters. The summed E-state index contributed by atoms with van der Waals surface area (Å²) in [5.74, 6) is -1.70. The van der Waals surface area contributed by atoms with E-state index in [0.29, 0.717) is 5.56 Å². The second-order valence-corrected chi connectivity index (χ2v) is 6.41. The van der Waals surface area contributed by atoms with Crippen molar-refractivity contribution in [2.45, 2.75) is 0 Å². The average Bonchev–Trinajstić information content (AvgIpc) is 2.71. The topological polar surface area (TPSA) is 90.5 Å². The minimum Gasteiger partial charge on any atom is -0.507 e. The summed E-state index contributed by atoms with van der Waals surface area (Å²) in [6.45, 7) is 0. The van der Waals surface area contributed by atoms with Gasteiger partial charge in [0.15, 0.2) is 5.11 Å². The van der Waals surface area contributed by atoms with Gasteiger partial charge in [0.05, 0.1) is 5.56 Å². The first kappa shape index (κ1) is 20.0. The van der Waals surface area contributed by atoms with Gasteiger partial charge in [-0.15, -0.1) is 0 Å². The van der Waals surface area contributed by atoms with Crippen LogP contribution in [-0.2, 0) is 4.79 Å². The molecular weight excluding hydrogens is 393 g/mol. The maximum absolute atomic E-state index is 12.9. The van der Waals surface area contributed by atoms with Crippen LogP contribution in [0.3, 0.4) is 0 Å². The van der Waals surface area contributed by atoms with E-state index < -0.39 is 11.8 Å². The zero-order valence-electron chi connectivity index (χ0n) is 15.0. The van der Waals surface area contributed by atoms with E-state index in [1.54, 1.807) is 6.07 Å². The highest BCUT2D eigenvalue weighted by Crippen LogP contribution is 2.24. The number of fused-ring (bicyclic) bond motifs is 1. The molecule has 2 amide bonds. The Hall–Kier alpha value is -3.78. The molecule has 146 valence electrons. The third-order valence-electron chi connectivity index (χ3n) is 3.93. The molecule has 0 aliphatic rings. The fourth-order valence-corrected chi connectivity index (χ4v) is 2.67. The van der Waals surface area contributed by atoms with Crippen LogP contribution in [-0.4, -0.2) is 22.0 Å². The van der Waals surface area contributed by atoms with Crippen molar-refractivity contribution >= 4 is 46.0 Å². The zero-order valence-corrected chi connectivity index (χ0v) is 15.8. The van der Waals surface area contributed by atoms with E-state index in [0.717, 1.165) is 10.8 Å². The highest BCUT2D eigenvalue weighted by molar-refractivity contribution is 7.80. The molecule has 6 nitrogen and oxygen atoms in total. The Kier molecular flexibility index (Phi) is 6.16. The molecule has 0 aliphatic heterocycles. The van der Waals surface area contributed by atoms with E-state index in [1.165, 1.54) is 42.5 Å². The zero-order chi connectivity index (χ0) is 20.8. The van der Waals surface area contributed by atoms with Gasteiger partial charge >= 0.3 is 0 Å². The van der Waals surface area contributed by atoms with Crippen LogP contribution in [0.1, 0.15) is 15.9 Å². The SMILES string of the molecule is O=C(C=Cc1ccc(F)cc1)NC(=S)NNC(=O)c1cc2ccccc2cc1O. The number of hydrazine groups is 1. The van der Waals surface area contributed by atoms with Crippen molar-refractivity contribution in [1.82, 2.24) is 16.2 Å². The second-order valence-electron chi connectivity index (χ2n) is 6.00. The smallest absolute Gasteiger partial charge is 0.273 e.